The molecule has 3 amide bonds. The van der Waals surface area contributed by atoms with Crippen molar-refractivity contribution in [3.05, 3.63) is 53.1 Å². The quantitative estimate of drug-likeness (QED) is 0.761. The van der Waals surface area contributed by atoms with Gasteiger partial charge in [-0.05, 0) is 54.3 Å². The number of hydrogen-bond acceptors (Lipinski definition) is 4. The van der Waals surface area contributed by atoms with E-state index < -0.39 is 0 Å². The van der Waals surface area contributed by atoms with Crippen molar-refractivity contribution < 1.29 is 19.4 Å². The van der Waals surface area contributed by atoms with Crippen molar-refractivity contribution in [3.63, 3.8) is 0 Å². The molecule has 0 fully saturated rings. The summed E-state index contributed by atoms with van der Waals surface area (Å²) in [5, 5.41) is 15.4. The number of amides is 3. The third-order valence-corrected chi connectivity index (χ3v) is 4.97. The summed E-state index contributed by atoms with van der Waals surface area (Å²) in [6.07, 6.45) is 0.764. The fourth-order valence-electron chi connectivity index (χ4n) is 3.45. The van der Waals surface area contributed by atoms with Gasteiger partial charge >= 0.3 is 6.03 Å². The van der Waals surface area contributed by atoms with Crippen molar-refractivity contribution in [2.24, 2.45) is 0 Å². The molecular formula is C20H21N3O4. The van der Waals surface area contributed by atoms with E-state index in [-0.39, 0.29) is 30.3 Å². The van der Waals surface area contributed by atoms with E-state index >= 15 is 0 Å². The summed E-state index contributed by atoms with van der Waals surface area (Å²) in [5.41, 5.74) is 3.63. The molecule has 0 aromatic heterocycles. The molecule has 0 radical (unpaired) electrons. The number of ether oxygens (including phenoxy) is 1. The standard InChI is InChI=1S/C20H21N3O4/c1-12(14-3-5-18-17(9-14)22-19(25)11-27-18)21-20(26)23-7-6-13-2-4-16(24)8-15(13)10-23/h2-5,8-9,12,24H,6-7,10-11H2,1H3,(H,21,26)(H,22,25)/t12-/m0/s1. The highest BCUT2D eigenvalue weighted by Crippen LogP contribution is 2.30. The van der Waals surface area contributed by atoms with Crippen LogP contribution in [0.2, 0.25) is 0 Å². The number of hydrogen-bond donors (Lipinski definition) is 3. The number of carbonyl (C=O) groups is 2. The van der Waals surface area contributed by atoms with Crippen LogP contribution in [-0.2, 0) is 17.8 Å². The predicted molar refractivity (Wildman–Crippen MR) is 99.7 cm³/mol. The fraction of sp³-hybridized carbons (Fsp3) is 0.300. The van der Waals surface area contributed by atoms with Crippen molar-refractivity contribution in [3.8, 4) is 11.5 Å². The predicted octanol–water partition coefficient (Wildman–Crippen LogP) is 2.55. The molecule has 0 spiro atoms. The monoisotopic (exact) mass is 367 g/mol. The van der Waals surface area contributed by atoms with Gasteiger partial charge in [-0.1, -0.05) is 12.1 Å². The number of nitrogens with one attached hydrogen (secondary N) is 2. The maximum atomic E-state index is 12.7. The molecule has 0 unspecified atom stereocenters. The van der Waals surface area contributed by atoms with E-state index in [1.165, 1.54) is 0 Å². The molecule has 2 aliphatic heterocycles. The van der Waals surface area contributed by atoms with Gasteiger partial charge in [0.15, 0.2) is 6.61 Å². The van der Waals surface area contributed by atoms with Gasteiger partial charge < -0.3 is 25.4 Å². The van der Waals surface area contributed by atoms with Gasteiger partial charge in [-0.2, -0.15) is 0 Å². The Morgan fingerprint density at radius 1 is 1.26 bits per heavy atom. The first-order valence-corrected chi connectivity index (χ1v) is 8.92. The van der Waals surface area contributed by atoms with Gasteiger partial charge in [-0.25, -0.2) is 4.79 Å². The maximum absolute atomic E-state index is 12.7. The highest BCUT2D eigenvalue weighted by atomic mass is 16.5. The molecule has 2 heterocycles. The van der Waals surface area contributed by atoms with E-state index in [2.05, 4.69) is 10.6 Å². The molecule has 27 heavy (non-hydrogen) atoms. The Kier molecular flexibility index (Phi) is 4.35. The minimum atomic E-state index is -0.229. The summed E-state index contributed by atoms with van der Waals surface area (Å²) < 4.78 is 5.36. The number of nitrogens with zero attached hydrogens (tertiary/aromatic N) is 1. The number of carbonyl (C=O) groups excluding carboxylic acids is 2. The Balaban J connectivity index is 1.44. The van der Waals surface area contributed by atoms with E-state index in [1.807, 2.05) is 25.1 Å². The van der Waals surface area contributed by atoms with Crippen molar-refractivity contribution in [2.75, 3.05) is 18.5 Å². The normalized spacial score (nSPS) is 16.5. The van der Waals surface area contributed by atoms with Gasteiger partial charge in [0, 0.05) is 13.1 Å². The van der Waals surface area contributed by atoms with Crippen molar-refractivity contribution in [1.29, 1.82) is 0 Å². The molecule has 4 rings (SSSR count). The molecule has 7 nitrogen and oxygen atoms in total. The molecule has 140 valence electrons. The Morgan fingerprint density at radius 3 is 2.96 bits per heavy atom. The maximum Gasteiger partial charge on any atom is 0.318 e. The van der Waals surface area contributed by atoms with Crippen LogP contribution in [0.25, 0.3) is 0 Å². The second-order valence-electron chi connectivity index (χ2n) is 6.89. The lowest BCUT2D eigenvalue weighted by molar-refractivity contribution is -0.118. The Morgan fingerprint density at radius 2 is 2.11 bits per heavy atom. The van der Waals surface area contributed by atoms with Crippen LogP contribution in [0.1, 0.15) is 29.7 Å². The molecule has 0 saturated carbocycles. The molecule has 0 bridgehead atoms. The number of fused-ring (bicyclic) bond motifs is 2. The van der Waals surface area contributed by atoms with E-state index in [0.29, 0.717) is 24.5 Å². The molecule has 3 N–H and O–H groups in total. The zero-order valence-electron chi connectivity index (χ0n) is 15.0. The number of phenolic OH excluding ortho intramolecular Hbond substituents is 1. The zero-order valence-corrected chi connectivity index (χ0v) is 15.0. The van der Waals surface area contributed by atoms with Gasteiger partial charge in [0.1, 0.15) is 11.5 Å². The molecular weight excluding hydrogens is 346 g/mol. The lowest BCUT2D eigenvalue weighted by Crippen LogP contribution is -2.43. The average Bonchev–Trinajstić information content (AvgIpc) is 2.66. The first kappa shape index (κ1) is 17.2. The second-order valence-corrected chi connectivity index (χ2v) is 6.89. The number of urea groups is 1. The largest absolute Gasteiger partial charge is 0.508 e. The van der Waals surface area contributed by atoms with Crippen molar-refractivity contribution in [1.82, 2.24) is 10.2 Å². The lowest BCUT2D eigenvalue weighted by Gasteiger charge is -2.30. The summed E-state index contributed by atoms with van der Waals surface area (Å²) >= 11 is 0. The van der Waals surface area contributed by atoms with Crippen LogP contribution in [0.4, 0.5) is 10.5 Å². The van der Waals surface area contributed by atoms with Crippen LogP contribution in [-0.4, -0.2) is 35.1 Å². The average molecular weight is 367 g/mol. The fourth-order valence-corrected chi connectivity index (χ4v) is 3.45. The van der Waals surface area contributed by atoms with Gasteiger partial charge in [0.05, 0.1) is 11.7 Å². The summed E-state index contributed by atoms with van der Waals surface area (Å²) in [6.45, 7) is 3.01. The van der Waals surface area contributed by atoms with Gasteiger partial charge in [0.2, 0.25) is 0 Å². The second kappa shape index (κ2) is 6.83. The summed E-state index contributed by atoms with van der Waals surface area (Å²) in [4.78, 5) is 25.9. The van der Waals surface area contributed by atoms with Gasteiger partial charge in [0.25, 0.3) is 5.91 Å². The first-order valence-electron chi connectivity index (χ1n) is 8.92. The molecule has 1 atom stereocenters. The highest BCUT2D eigenvalue weighted by Gasteiger charge is 2.23. The Bertz CT molecular complexity index is 912. The zero-order chi connectivity index (χ0) is 19.0. The summed E-state index contributed by atoms with van der Waals surface area (Å²) in [6, 6.07) is 10.4. The minimum Gasteiger partial charge on any atom is -0.508 e. The lowest BCUT2D eigenvalue weighted by atomic mass is 9.99. The molecule has 2 aromatic rings. The minimum absolute atomic E-state index is 0.0185. The van der Waals surface area contributed by atoms with Crippen molar-refractivity contribution >= 4 is 17.6 Å². The van der Waals surface area contributed by atoms with E-state index in [0.717, 1.165) is 23.1 Å². The Hall–Kier alpha value is -3.22. The van der Waals surface area contributed by atoms with Gasteiger partial charge in [-0.3, -0.25) is 4.79 Å². The van der Waals surface area contributed by atoms with E-state index in [4.69, 9.17) is 4.74 Å². The highest BCUT2D eigenvalue weighted by molar-refractivity contribution is 5.95. The van der Waals surface area contributed by atoms with Crippen LogP contribution in [0.15, 0.2) is 36.4 Å². The summed E-state index contributed by atoms with van der Waals surface area (Å²) in [7, 11) is 0. The number of benzene rings is 2. The number of rotatable bonds is 2. The number of aromatic hydroxyl groups is 1. The topological polar surface area (TPSA) is 90.9 Å². The number of anilines is 1. The van der Waals surface area contributed by atoms with Crippen molar-refractivity contribution in [2.45, 2.75) is 25.9 Å². The van der Waals surface area contributed by atoms with Crippen LogP contribution < -0.4 is 15.4 Å². The van der Waals surface area contributed by atoms with Crippen LogP contribution >= 0.6 is 0 Å². The number of phenols is 1. The Labute approximate surface area is 156 Å². The third-order valence-electron chi connectivity index (χ3n) is 4.97. The smallest absolute Gasteiger partial charge is 0.318 e. The molecule has 2 aromatic carbocycles. The van der Waals surface area contributed by atoms with Crippen LogP contribution in [0.3, 0.4) is 0 Å². The van der Waals surface area contributed by atoms with E-state index in [1.54, 1.807) is 23.1 Å². The van der Waals surface area contributed by atoms with E-state index in [9.17, 15) is 14.7 Å². The van der Waals surface area contributed by atoms with Crippen LogP contribution in [0.5, 0.6) is 11.5 Å². The molecule has 0 saturated heterocycles. The first-order chi connectivity index (χ1) is 13.0. The van der Waals surface area contributed by atoms with Gasteiger partial charge in [-0.15, -0.1) is 0 Å². The third kappa shape index (κ3) is 3.53. The molecule has 0 aliphatic carbocycles. The molecule has 7 heteroatoms. The van der Waals surface area contributed by atoms with Crippen LogP contribution in [0, 0.1) is 0 Å². The SMILES string of the molecule is C[C@H](NC(=O)N1CCc2ccc(O)cc2C1)c1ccc2c(c1)NC(=O)CO2. The summed E-state index contributed by atoms with van der Waals surface area (Å²) in [5.74, 6) is 0.651. The molecule has 2 aliphatic rings.